The molecule has 0 spiro atoms. The molecule has 8 heteroatoms. The summed E-state index contributed by atoms with van der Waals surface area (Å²) in [6, 6.07) is 15.2. The van der Waals surface area contributed by atoms with Crippen LogP contribution in [-0.4, -0.2) is 66.7 Å². The molecule has 0 aromatic heterocycles. The molecule has 1 saturated heterocycles. The maximum atomic E-state index is 13.0. The normalized spacial score (nSPS) is 15.8. The SMILES string of the molecule is CN(CC(CCN1CCC(NC(=O)OC(C)(C)C)CC1)c1ccc(Cl)c(Cl)c1)C(=O)c1ccccc1. The summed E-state index contributed by atoms with van der Waals surface area (Å²) in [5, 5.41) is 4.03. The zero-order valence-corrected chi connectivity index (χ0v) is 23.1. The zero-order valence-electron chi connectivity index (χ0n) is 21.6. The molecule has 2 aromatic rings. The molecule has 1 aliphatic heterocycles. The van der Waals surface area contributed by atoms with Gasteiger partial charge in [-0.3, -0.25) is 4.79 Å². The molecule has 1 unspecified atom stereocenters. The van der Waals surface area contributed by atoms with Crippen molar-refractivity contribution in [3.63, 3.8) is 0 Å². The fourth-order valence-electron chi connectivity index (χ4n) is 4.46. The molecule has 0 aliphatic carbocycles. The van der Waals surface area contributed by atoms with Gasteiger partial charge in [-0.15, -0.1) is 0 Å². The van der Waals surface area contributed by atoms with Gasteiger partial charge in [0, 0.05) is 44.2 Å². The Kier molecular flexibility index (Phi) is 10.1. The number of carbonyl (C=O) groups excluding carboxylic acids is 2. The highest BCUT2D eigenvalue weighted by Gasteiger charge is 2.25. The van der Waals surface area contributed by atoms with Gasteiger partial charge in [0.05, 0.1) is 10.0 Å². The van der Waals surface area contributed by atoms with Crippen LogP contribution in [0.5, 0.6) is 0 Å². The van der Waals surface area contributed by atoms with Gasteiger partial charge in [0.15, 0.2) is 0 Å². The van der Waals surface area contributed by atoms with E-state index in [0.29, 0.717) is 22.2 Å². The highest BCUT2D eigenvalue weighted by Crippen LogP contribution is 2.29. The molecule has 1 atom stereocenters. The lowest BCUT2D eigenvalue weighted by molar-refractivity contribution is 0.0477. The largest absolute Gasteiger partial charge is 0.444 e. The Hall–Kier alpha value is -2.28. The molecule has 1 N–H and O–H groups in total. The van der Waals surface area contributed by atoms with Gasteiger partial charge in [-0.1, -0.05) is 47.5 Å². The Balaban J connectivity index is 1.59. The van der Waals surface area contributed by atoms with E-state index in [9.17, 15) is 9.59 Å². The number of rotatable bonds is 8. The summed E-state index contributed by atoms with van der Waals surface area (Å²) < 4.78 is 5.39. The lowest BCUT2D eigenvalue weighted by atomic mass is 9.94. The monoisotopic (exact) mass is 533 g/mol. The minimum absolute atomic E-state index is 0.00491. The van der Waals surface area contributed by atoms with E-state index in [0.717, 1.165) is 44.5 Å². The van der Waals surface area contributed by atoms with E-state index in [4.69, 9.17) is 27.9 Å². The fourth-order valence-corrected chi connectivity index (χ4v) is 4.76. The summed E-state index contributed by atoms with van der Waals surface area (Å²) in [6.45, 7) is 8.85. The molecule has 196 valence electrons. The van der Waals surface area contributed by atoms with Gasteiger partial charge in [0.1, 0.15) is 5.60 Å². The summed E-state index contributed by atoms with van der Waals surface area (Å²) in [6.07, 6.45) is 2.27. The van der Waals surface area contributed by atoms with Crippen molar-refractivity contribution in [1.29, 1.82) is 0 Å². The van der Waals surface area contributed by atoms with E-state index >= 15 is 0 Å². The molecule has 1 heterocycles. The van der Waals surface area contributed by atoms with E-state index in [1.54, 1.807) is 4.90 Å². The summed E-state index contributed by atoms with van der Waals surface area (Å²) in [4.78, 5) is 29.3. The van der Waals surface area contributed by atoms with Gasteiger partial charge in [0.25, 0.3) is 5.91 Å². The maximum absolute atomic E-state index is 13.0. The van der Waals surface area contributed by atoms with Crippen LogP contribution in [-0.2, 0) is 4.74 Å². The first-order chi connectivity index (χ1) is 17.0. The summed E-state index contributed by atoms with van der Waals surface area (Å²) >= 11 is 12.5. The van der Waals surface area contributed by atoms with Gasteiger partial charge in [-0.05, 0) is 76.4 Å². The second-order valence-electron chi connectivity index (χ2n) is 10.5. The second kappa shape index (κ2) is 12.8. The maximum Gasteiger partial charge on any atom is 0.407 e. The highest BCUT2D eigenvalue weighted by atomic mass is 35.5. The van der Waals surface area contributed by atoms with Gasteiger partial charge < -0.3 is 19.9 Å². The number of nitrogens with one attached hydrogen (secondary N) is 1. The van der Waals surface area contributed by atoms with Crippen molar-refractivity contribution in [1.82, 2.24) is 15.1 Å². The molecule has 0 bridgehead atoms. The van der Waals surface area contributed by atoms with Crippen LogP contribution in [0, 0.1) is 0 Å². The van der Waals surface area contributed by atoms with Gasteiger partial charge in [0.2, 0.25) is 0 Å². The predicted octanol–water partition coefficient (Wildman–Crippen LogP) is 6.23. The third-order valence-corrected chi connectivity index (χ3v) is 7.12. The molecule has 1 aliphatic rings. The number of halogens is 2. The highest BCUT2D eigenvalue weighted by molar-refractivity contribution is 6.42. The van der Waals surface area contributed by atoms with Crippen LogP contribution in [0.15, 0.2) is 48.5 Å². The number of hydrogen-bond donors (Lipinski definition) is 1. The Morgan fingerprint density at radius 3 is 2.36 bits per heavy atom. The first-order valence-electron chi connectivity index (χ1n) is 12.5. The van der Waals surface area contributed by atoms with E-state index in [2.05, 4.69) is 10.2 Å². The number of benzene rings is 2. The molecule has 6 nitrogen and oxygen atoms in total. The van der Waals surface area contributed by atoms with Crippen LogP contribution in [0.25, 0.3) is 0 Å². The van der Waals surface area contributed by atoms with Crippen molar-refractivity contribution >= 4 is 35.2 Å². The van der Waals surface area contributed by atoms with Crippen LogP contribution in [0.1, 0.15) is 61.9 Å². The molecular weight excluding hydrogens is 497 g/mol. The zero-order chi connectivity index (χ0) is 26.3. The fraction of sp³-hybridized carbons (Fsp3) is 0.500. The van der Waals surface area contributed by atoms with Crippen molar-refractivity contribution < 1.29 is 14.3 Å². The molecule has 2 aromatic carbocycles. The van der Waals surface area contributed by atoms with E-state index in [1.165, 1.54) is 0 Å². The third kappa shape index (κ3) is 8.68. The Labute approximate surface area is 224 Å². The van der Waals surface area contributed by atoms with Gasteiger partial charge >= 0.3 is 6.09 Å². The van der Waals surface area contributed by atoms with Crippen molar-refractivity contribution in [2.45, 2.75) is 57.6 Å². The predicted molar refractivity (Wildman–Crippen MR) is 146 cm³/mol. The van der Waals surface area contributed by atoms with Crippen molar-refractivity contribution in [3.05, 3.63) is 69.7 Å². The number of carbonyl (C=O) groups is 2. The van der Waals surface area contributed by atoms with Crippen LogP contribution < -0.4 is 5.32 Å². The molecule has 1 fully saturated rings. The van der Waals surface area contributed by atoms with Crippen molar-refractivity contribution in [3.8, 4) is 0 Å². The first-order valence-corrected chi connectivity index (χ1v) is 13.2. The van der Waals surface area contributed by atoms with Gasteiger partial charge in [-0.2, -0.15) is 0 Å². The summed E-state index contributed by atoms with van der Waals surface area (Å²) in [5.41, 5.74) is 1.24. The Bertz CT molecular complexity index is 1020. The topological polar surface area (TPSA) is 61.9 Å². The number of likely N-dealkylation sites (tertiary alicyclic amines) is 1. The minimum atomic E-state index is -0.501. The van der Waals surface area contributed by atoms with Crippen LogP contribution >= 0.6 is 23.2 Å². The van der Waals surface area contributed by atoms with Crippen molar-refractivity contribution in [2.24, 2.45) is 0 Å². The Morgan fingerprint density at radius 1 is 1.08 bits per heavy atom. The molecule has 3 rings (SSSR count). The molecule has 0 saturated carbocycles. The molecule has 36 heavy (non-hydrogen) atoms. The number of hydrogen-bond acceptors (Lipinski definition) is 4. The second-order valence-corrected chi connectivity index (χ2v) is 11.3. The minimum Gasteiger partial charge on any atom is -0.444 e. The van der Waals surface area contributed by atoms with Gasteiger partial charge in [-0.25, -0.2) is 4.79 Å². The summed E-state index contributed by atoms with van der Waals surface area (Å²) in [5.74, 6) is 0.102. The number of amides is 2. The first kappa shape index (κ1) is 28.3. The molecule has 0 radical (unpaired) electrons. The number of ether oxygens (including phenoxy) is 1. The average molecular weight is 535 g/mol. The van der Waals surface area contributed by atoms with Crippen LogP contribution in [0.4, 0.5) is 4.79 Å². The number of nitrogens with zero attached hydrogens (tertiary/aromatic N) is 2. The standard InChI is InChI=1S/C28H37Cl2N3O3/c1-28(2,3)36-27(35)31-23-13-16-33(17-14-23)15-12-22(21-10-11-24(29)25(30)18-21)19-32(4)26(34)20-8-6-5-7-9-20/h5-11,18,22-23H,12-17,19H2,1-4H3,(H,31,35). The summed E-state index contributed by atoms with van der Waals surface area (Å²) in [7, 11) is 1.84. The van der Waals surface area contributed by atoms with Crippen molar-refractivity contribution in [2.75, 3.05) is 33.2 Å². The van der Waals surface area contributed by atoms with E-state index in [-0.39, 0.29) is 24.0 Å². The van der Waals surface area contributed by atoms with E-state index in [1.807, 2.05) is 76.3 Å². The number of alkyl carbamates (subject to hydrolysis) is 1. The number of likely N-dealkylation sites (N-methyl/N-ethyl adjacent to an activating group) is 1. The van der Waals surface area contributed by atoms with Crippen LogP contribution in [0.2, 0.25) is 10.0 Å². The smallest absolute Gasteiger partial charge is 0.407 e. The Morgan fingerprint density at radius 2 is 1.75 bits per heavy atom. The lowest BCUT2D eigenvalue weighted by Crippen LogP contribution is -2.46. The molecular formula is C28H37Cl2N3O3. The molecule has 2 amide bonds. The van der Waals surface area contributed by atoms with E-state index < -0.39 is 5.60 Å². The lowest BCUT2D eigenvalue weighted by Gasteiger charge is -2.34. The quantitative estimate of drug-likeness (QED) is 0.436. The third-order valence-electron chi connectivity index (χ3n) is 6.38. The van der Waals surface area contributed by atoms with Crippen LogP contribution in [0.3, 0.4) is 0 Å². The number of piperidine rings is 1. The average Bonchev–Trinajstić information content (AvgIpc) is 2.83.